The second kappa shape index (κ2) is 9.77. The van der Waals surface area contributed by atoms with E-state index in [4.69, 9.17) is 4.74 Å². The second-order valence-electron chi connectivity index (χ2n) is 9.77. The van der Waals surface area contributed by atoms with Crippen molar-refractivity contribution in [2.45, 2.75) is 54.4 Å². The second-order valence-corrected chi connectivity index (χ2v) is 9.77. The average Bonchev–Trinajstić information content (AvgIpc) is 3.05. The van der Waals surface area contributed by atoms with Gasteiger partial charge in [-0.1, -0.05) is 38.5 Å². The highest BCUT2D eigenvalue weighted by Crippen LogP contribution is 2.25. The lowest BCUT2D eigenvalue weighted by Gasteiger charge is -2.34. The molecule has 8 nitrogen and oxygen atoms in total. The third-order valence-electron chi connectivity index (χ3n) is 5.94. The fourth-order valence-electron chi connectivity index (χ4n) is 3.98. The van der Waals surface area contributed by atoms with Crippen LogP contribution in [-0.2, 0) is 19.1 Å². The maximum Gasteiger partial charge on any atom is 0.309 e. The van der Waals surface area contributed by atoms with Gasteiger partial charge in [0.1, 0.15) is 0 Å². The lowest BCUT2D eigenvalue weighted by atomic mass is 9.91. The smallest absolute Gasteiger partial charge is 0.309 e. The molecule has 2 amide bonds. The SMILES string of the molecule is Cc1ccc(-n2nc(C)c(NC(=O)COC(=O)C3CCN(C(=O)C(C)(C)C)CC3)c2C)cc1. The summed E-state index contributed by atoms with van der Waals surface area (Å²) in [6, 6.07) is 7.96. The van der Waals surface area contributed by atoms with Crippen molar-refractivity contribution in [3.8, 4) is 5.69 Å². The van der Waals surface area contributed by atoms with Crippen LogP contribution >= 0.6 is 0 Å². The van der Waals surface area contributed by atoms with Gasteiger partial charge in [0.25, 0.3) is 5.91 Å². The van der Waals surface area contributed by atoms with Crippen LogP contribution in [0.3, 0.4) is 0 Å². The van der Waals surface area contributed by atoms with Crippen molar-refractivity contribution < 1.29 is 19.1 Å². The first kappa shape index (κ1) is 24.5. The molecule has 0 unspecified atom stereocenters. The van der Waals surface area contributed by atoms with Crippen molar-refractivity contribution in [2.75, 3.05) is 25.0 Å². The molecule has 0 aliphatic carbocycles. The number of carbonyl (C=O) groups is 3. The first-order valence-electron chi connectivity index (χ1n) is 11.4. The van der Waals surface area contributed by atoms with Gasteiger partial charge < -0.3 is 15.0 Å². The summed E-state index contributed by atoms with van der Waals surface area (Å²) in [5, 5.41) is 7.36. The third kappa shape index (κ3) is 5.80. The number of hydrogen-bond donors (Lipinski definition) is 1. The zero-order valence-electron chi connectivity index (χ0n) is 20.4. The molecule has 0 atom stereocenters. The fraction of sp³-hybridized carbons (Fsp3) is 0.520. The Morgan fingerprint density at radius 2 is 1.67 bits per heavy atom. The Bertz CT molecular complexity index is 1030. The summed E-state index contributed by atoms with van der Waals surface area (Å²) in [7, 11) is 0. The van der Waals surface area contributed by atoms with E-state index in [0.717, 1.165) is 16.9 Å². The monoisotopic (exact) mass is 454 g/mol. The normalized spacial score (nSPS) is 14.8. The van der Waals surface area contributed by atoms with E-state index in [9.17, 15) is 14.4 Å². The predicted octanol–water partition coefficient (Wildman–Crippen LogP) is 3.56. The summed E-state index contributed by atoms with van der Waals surface area (Å²) in [4.78, 5) is 39.1. The van der Waals surface area contributed by atoms with Crippen LogP contribution < -0.4 is 5.32 Å². The number of aromatic nitrogens is 2. The molecule has 1 N–H and O–H groups in total. The Morgan fingerprint density at radius 3 is 2.24 bits per heavy atom. The summed E-state index contributed by atoms with van der Waals surface area (Å²) in [6.07, 6.45) is 1.09. The molecular weight excluding hydrogens is 420 g/mol. The lowest BCUT2D eigenvalue weighted by molar-refractivity contribution is -0.155. The van der Waals surface area contributed by atoms with Gasteiger partial charge in [0, 0.05) is 18.5 Å². The number of nitrogens with zero attached hydrogens (tertiary/aromatic N) is 3. The van der Waals surface area contributed by atoms with Crippen molar-refractivity contribution in [2.24, 2.45) is 11.3 Å². The number of amides is 2. The topological polar surface area (TPSA) is 93.5 Å². The van der Waals surface area contributed by atoms with E-state index in [1.807, 2.05) is 65.8 Å². The van der Waals surface area contributed by atoms with Crippen LogP contribution in [0, 0.1) is 32.1 Å². The molecule has 1 aliphatic rings. The first-order chi connectivity index (χ1) is 15.5. The van der Waals surface area contributed by atoms with Crippen LogP contribution in [0.15, 0.2) is 24.3 Å². The molecular formula is C25H34N4O4. The quantitative estimate of drug-likeness (QED) is 0.697. The fourth-order valence-corrected chi connectivity index (χ4v) is 3.98. The van der Waals surface area contributed by atoms with Gasteiger partial charge in [0.2, 0.25) is 5.91 Å². The van der Waals surface area contributed by atoms with Gasteiger partial charge in [-0.3, -0.25) is 14.4 Å². The van der Waals surface area contributed by atoms with Gasteiger partial charge in [-0.05, 0) is 45.7 Å². The maximum absolute atomic E-state index is 12.5. The van der Waals surface area contributed by atoms with Crippen molar-refractivity contribution >= 4 is 23.5 Å². The summed E-state index contributed by atoms with van der Waals surface area (Å²) in [6.45, 7) is 12.1. The van der Waals surface area contributed by atoms with Crippen molar-refractivity contribution in [1.29, 1.82) is 0 Å². The number of aryl methyl sites for hydroxylation is 2. The molecule has 0 saturated carbocycles. The van der Waals surface area contributed by atoms with Crippen LogP contribution in [0.1, 0.15) is 50.6 Å². The van der Waals surface area contributed by atoms with Crippen LogP contribution in [0.4, 0.5) is 5.69 Å². The molecule has 1 fully saturated rings. The van der Waals surface area contributed by atoms with Gasteiger partial charge in [0.05, 0.1) is 28.7 Å². The van der Waals surface area contributed by atoms with Gasteiger partial charge in [-0.2, -0.15) is 5.10 Å². The Kier molecular flexibility index (Phi) is 7.25. The number of piperidine rings is 1. The first-order valence-corrected chi connectivity index (χ1v) is 11.4. The van der Waals surface area contributed by atoms with E-state index in [0.29, 0.717) is 37.3 Å². The summed E-state index contributed by atoms with van der Waals surface area (Å²) in [5.74, 6) is -1.00. The molecule has 0 radical (unpaired) electrons. The Labute approximate surface area is 195 Å². The highest BCUT2D eigenvalue weighted by molar-refractivity contribution is 5.94. The van der Waals surface area contributed by atoms with Crippen LogP contribution in [0.2, 0.25) is 0 Å². The molecule has 2 aromatic rings. The Hall–Kier alpha value is -3.16. The zero-order chi connectivity index (χ0) is 24.3. The van der Waals surface area contributed by atoms with E-state index in [1.54, 1.807) is 9.58 Å². The standard InChI is InChI=1S/C25H34N4O4/c1-16-7-9-20(10-8-16)29-18(3)22(17(2)27-29)26-21(30)15-33-23(31)19-11-13-28(14-12-19)24(32)25(4,5)6/h7-10,19H,11-15H2,1-6H3,(H,26,30). The Balaban J connectivity index is 1.52. The maximum atomic E-state index is 12.5. The highest BCUT2D eigenvalue weighted by atomic mass is 16.5. The van der Waals surface area contributed by atoms with Crippen LogP contribution in [0.5, 0.6) is 0 Å². The molecule has 178 valence electrons. The minimum atomic E-state index is -0.436. The minimum Gasteiger partial charge on any atom is -0.455 e. The molecule has 1 aromatic carbocycles. The van der Waals surface area contributed by atoms with Crippen LogP contribution in [0.25, 0.3) is 5.69 Å². The number of hydrogen-bond acceptors (Lipinski definition) is 5. The predicted molar refractivity (Wildman–Crippen MR) is 126 cm³/mol. The summed E-state index contributed by atoms with van der Waals surface area (Å²) < 4.78 is 7.06. The van der Waals surface area contributed by atoms with Crippen molar-refractivity contribution in [3.63, 3.8) is 0 Å². The Morgan fingerprint density at radius 1 is 1.06 bits per heavy atom. The molecule has 0 bridgehead atoms. The summed E-state index contributed by atoms with van der Waals surface area (Å²) in [5.41, 5.74) is 3.72. The van der Waals surface area contributed by atoms with Gasteiger partial charge in [0.15, 0.2) is 6.61 Å². The largest absolute Gasteiger partial charge is 0.455 e. The van der Waals surface area contributed by atoms with E-state index in [2.05, 4.69) is 10.4 Å². The van der Waals surface area contributed by atoms with Crippen molar-refractivity contribution in [1.82, 2.24) is 14.7 Å². The van der Waals surface area contributed by atoms with E-state index in [-0.39, 0.29) is 18.4 Å². The molecule has 33 heavy (non-hydrogen) atoms. The molecule has 1 aliphatic heterocycles. The molecule has 3 rings (SSSR count). The van der Waals surface area contributed by atoms with Crippen LogP contribution in [-0.4, -0.2) is 52.2 Å². The number of rotatable bonds is 5. The minimum absolute atomic E-state index is 0.0885. The van der Waals surface area contributed by atoms with Gasteiger partial charge >= 0.3 is 5.97 Å². The zero-order valence-corrected chi connectivity index (χ0v) is 20.4. The van der Waals surface area contributed by atoms with Gasteiger partial charge in [-0.15, -0.1) is 0 Å². The molecule has 2 heterocycles. The number of ether oxygens (including phenoxy) is 1. The van der Waals surface area contributed by atoms with E-state index < -0.39 is 17.3 Å². The molecule has 1 aromatic heterocycles. The molecule has 1 saturated heterocycles. The molecule has 0 spiro atoms. The molecule has 8 heteroatoms. The number of anilines is 1. The number of esters is 1. The van der Waals surface area contributed by atoms with E-state index >= 15 is 0 Å². The average molecular weight is 455 g/mol. The number of likely N-dealkylation sites (tertiary alicyclic amines) is 1. The third-order valence-corrected chi connectivity index (χ3v) is 5.94. The van der Waals surface area contributed by atoms with Crippen molar-refractivity contribution in [3.05, 3.63) is 41.2 Å². The van der Waals surface area contributed by atoms with Gasteiger partial charge in [-0.25, -0.2) is 4.68 Å². The number of nitrogens with one attached hydrogen (secondary N) is 1. The number of carbonyl (C=O) groups excluding carboxylic acids is 3. The van der Waals surface area contributed by atoms with E-state index in [1.165, 1.54) is 0 Å². The lowest BCUT2D eigenvalue weighted by Crippen LogP contribution is -2.45. The summed E-state index contributed by atoms with van der Waals surface area (Å²) >= 11 is 0. The number of benzene rings is 1. The highest BCUT2D eigenvalue weighted by Gasteiger charge is 2.33.